The molecule has 0 spiro atoms. The van der Waals surface area contributed by atoms with Crippen molar-refractivity contribution < 1.29 is 26.8 Å². The summed E-state index contributed by atoms with van der Waals surface area (Å²) in [4.78, 5) is 27.0. The number of amides is 2. The molecule has 2 aromatic rings. The molecule has 0 aliphatic heterocycles. The van der Waals surface area contributed by atoms with Crippen LogP contribution in [0.4, 0.5) is 14.5 Å². The smallest absolute Gasteiger partial charge is 0.244 e. The zero-order valence-corrected chi connectivity index (χ0v) is 19.2. The van der Waals surface area contributed by atoms with Crippen LogP contribution in [-0.4, -0.2) is 50.0 Å². The number of carbonyl (C=O) groups is 2. The van der Waals surface area contributed by atoms with Gasteiger partial charge in [0, 0.05) is 12.6 Å². The number of sulfonamides is 1. The Morgan fingerprint density at radius 1 is 1.00 bits per heavy atom. The highest BCUT2D eigenvalue weighted by Crippen LogP contribution is 2.22. The van der Waals surface area contributed by atoms with E-state index in [1.165, 1.54) is 54.3 Å². The van der Waals surface area contributed by atoms with Crippen molar-refractivity contribution in [2.24, 2.45) is 0 Å². The molecule has 0 bridgehead atoms. The van der Waals surface area contributed by atoms with Crippen molar-refractivity contribution in [3.05, 3.63) is 65.7 Å². The van der Waals surface area contributed by atoms with Gasteiger partial charge in [0.2, 0.25) is 21.8 Å². The van der Waals surface area contributed by atoms with E-state index >= 15 is 0 Å². The molecular weight excluding hydrogens is 440 g/mol. The lowest BCUT2D eigenvalue weighted by Crippen LogP contribution is -2.52. The van der Waals surface area contributed by atoms with Gasteiger partial charge in [-0.3, -0.25) is 13.9 Å². The van der Waals surface area contributed by atoms with E-state index in [0.29, 0.717) is 9.87 Å². The third-order valence-electron chi connectivity index (χ3n) is 4.66. The Kier molecular flexibility index (Phi) is 8.31. The predicted molar refractivity (Wildman–Crippen MR) is 118 cm³/mol. The summed E-state index contributed by atoms with van der Waals surface area (Å²) in [5, 5.41) is 2.71. The van der Waals surface area contributed by atoms with E-state index in [0.717, 1.165) is 12.3 Å². The van der Waals surface area contributed by atoms with Crippen molar-refractivity contribution in [2.45, 2.75) is 39.4 Å². The maximum Gasteiger partial charge on any atom is 0.244 e. The van der Waals surface area contributed by atoms with E-state index in [1.54, 1.807) is 13.8 Å². The highest BCUT2D eigenvalue weighted by molar-refractivity contribution is 7.92. The molecule has 0 saturated carbocycles. The number of hydrogen-bond donors (Lipinski definition) is 1. The van der Waals surface area contributed by atoms with Gasteiger partial charge in [-0.15, -0.1) is 0 Å². The van der Waals surface area contributed by atoms with Gasteiger partial charge < -0.3 is 10.2 Å². The number of para-hydroxylation sites is 1. The van der Waals surface area contributed by atoms with E-state index in [1.807, 2.05) is 0 Å². The second kappa shape index (κ2) is 10.5. The van der Waals surface area contributed by atoms with Crippen LogP contribution in [0.1, 0.15) is 26.3 Å². The summed E-state index contributed by atoms with van der Waals surface area (Å²) in [5.41, 5.74) is 0.269. The van der Waals surface area contributed by atoms with Crippen molar-refractivity contribution in [1.29, 1.82) is 0 Å². The monoisotopic (exact) mass is 467 g/mol. The minimum Gasteiger partial charge on any atom is -0.352 e. The van der Waals surface area contributed by atoms with Gasteiger partial charge in [-0.1, -0.05) is 24.3 Å². The summed E-state index contributed by atoms with van der Waals surface area (Å²) in [7, 11) is -4.02. The zero-order chi connectivity index (χ0) is 24.1. The van der Waals surface area contributed by atoms with Gasteiger partial charge in [-0.05, 0) is 50.6 Å². The standard InChI is InChI=1S/C22H27F2N3O4S/c1-15(2)25-22(29)16(3)26(13-17-9-11-18(23)12-10-17)21(28)14-27(32(4,30)31)20-8-6-5-7-19(20)24/h5-12,15-16H,13-14H2,1-4H3,(H,25,29)/t16-/m0/s1. The summed E-state index contributed by atoms with van der Waals surface area (Å²) in [6.45, 7) is 4.26. The Hall–Kier alpha value is -3.01. The zero-order valence-electron chi connectivity index (χ0n) is 18.4. The molecule has 2 rings (SSSR count). The Labute approximate surface area is 187 Å². The number of nitrogens with zero attached hydrogens (tertiary/aromatic N) is 2. The van der Waals surface area contributed by atoms with E-state index in [4.69, 9.17) is 0 Å². The van der Waals surface area contributed by atoms with Gasteiger partial charge in [0.1, 0.15) is 24.2 Å². The molecule has 7 nitrogen and oxygen atoms in total. The van der Waals surface area contributed by atoms with Gasteiger partial charge in [0.15, 0.2) is 0 Å². The van der Waals surface area contributed by atoms with E-state index in [-0.39, 0.29) is 18.3 Å². The third-order valence-corrected chi connectivity index (χ3v) is 5.79. The maximum atomic E-state index is 14.3. The molecule has 174 valence electrons. The van der Waals surface area contributed by atoms with Crippen LogP contribution in [0.15, 0.2) is 48.5 Å². The molecule has 0 saturated heterocycles. The molecule has 32 heavy (non-hydrogen) atoms. The van der Waals surface area contributed by atoms with E-state index < -0.39 is 46.1 Å². The summed E-state index contributed by atoms with van der Waals surface area (Å²) in [5.74, 6) is -2.41. The number of carbonyl (C=O) groups excluding carboxylic acids is 2. The van der Waals surface area contributed by atoms with E-state index in [9.17, 15) is 26.8 Å². The van der Waals surface area contributed by atoms with Crippen LogP contribution in [0.25, 0.3) is 0 Å². The van der Waals surface area contributed by atoms with Gasteiger partial charge in [0.05, 0.1) is 11.9 Å². The molecule has 1 atom stereocenters. The van der Waals surface area contributed by atoms with Crippen molar-refractivity contribution in [2.75, 3.05) is 17.1 Å². The van der Waals surface area contributed by atoms with E-state index in [2.05, 4.69) is 5.32 Å². The molecule has 0 radical (unpaired) electrons. The Bertz CT molecular complexity index is 1060. The Morgan fingerprint density at radius 2 is 1.59 bits per heavy atom. The predicted octanol–water partition coefficient (Wildman–Crippen LogP) is 2.67. The molecule has 0 aromatic heterocycles. The molecule has 1 N–H and O–H groups in total. The molecule has 0 heterocycles. The van der Waals surface area contributed by atoms with Gasteiger partial charge >= 0.3 is 0 Å². The lowest BCUT2D eigenvalue weighted by molar-refractivity contribution is -0.139. The van der Waals surface area contributed by atoms with Crippen LogP contribution in [0, 0.1) is 11.6 Å². The largest absolute Gasteiger partial charge is 0.352 e. The first-order valence-electron chi connectivity index (χ1n) is 9.96. The number of benzene rings is 2. The van der Waals surface area contributed by atoms with Crippen molar-refractivity contribution >= 4 is 27.5 Å². The molecule has 10 heteroatoms. The number of rotatable bonds is 9. The van der Waals surface area contributed by atoms with Crippen molar-refractivity contribution in [3.8, 4) is 0 Å². The fourth-order valence-corrected chi connectivity index (χ4v) is 3.87. The highest BCUT2D eigenvalue weighted by atomic mass is 32.2. The normalized spacial score (nSPS) is 12.3. The fourth-order valence-electron chi connectivity index (χ4n) is 3.02. The summed E-state index contributed by atoms with van der Waals surface area (Å²) < 4.78 is 53.0. The minimum absolute atomic E-state index is 0.0688. The summed E-state index contributed by atoms with van der Waals surface area (Å²) >= 11 is 0. The summed E-state index contributed by atoms with van der Waals surface area (Å²) in [6.07, 6.45) is 0.867. The SMILES string of the molecule is CC(C)NC(=O)[C@H](C)N(Cc1ccc(F)cc1)C(=O)CN(c1ccccc1F)S(C)(=O)=O. The second-order valence-electron chi connectivity index (χ2n) is 7.71. The fraction of sp³-hybridized carbons (Fsp3) is 0.364. The Balaban J connectivity index is 2.39. The molecule has 0 aliphatic carbocycles. The number of nitrogens with one attached hydrogen (secondary N) is 1. The van der Waals surface area contributed by atoms with Gasteiger partial charge in [-0.2, -0.15) is 0 Å². The number of halogens is 2. The minimum atomic E-state index is -4.02. The molecule has 0 fully saturated rings. The lowest BCUT2D eigenvalue weighted by atomic mass is 10.1. The molecule has 2 amide bonds. The summed E-state index contributed by atoms with van der Waals surface area (Å²) in [6, 6.07) is 9.43. The quantitative estimate of drug-likeness (QED) is 0.614. The lowest BCUT2D eigenvalue weighted by Gasteiger charge is -2.32. The van der Waals surface area contributed by atoms with Crippen LogP contribution < -0.4 is 9.62 Å². The van der Waals surface area contributed by atoms with Crippen molar-refractivity contribution in [3.63, 3.8) is 0 Å². The topological polar surface area (TPSA) is 86.8 Å². The number of hydrogen-bond acceptors (Lipinski definition) is 4. The average molecular weight is 468 g/mol. The van der Waals surface area contributed by atoms with Crippen LogP contribution in [-0.2, 0) is 26.2 Å². The second-order valence-corrected chi connectivity index (χ2v) is 9.62. The average Bonchev–Trinajstić information content (AvgIpc) is 2.70. The van der Waals surface area contributed by atoms with Crippen LogP contribution >= 0.6 is 0 Å². The van der Waals surface area contributed by atoms with Crippen molar-refractivity contribution in [1.82, 2.24) is 10.2 Å². The Morgan fingerprint density at radius 3 is 2.12 bits per heavy atom. The first kappa shape index (κ1) is 25.3. The van der Waals surface area contributed by atoms with Crippen LogP contribution in [0.2, 0.25) is 0 Å². The molecular formula is C22H27F2N3O4S. The first-order chi connectivity index (χ1) is 14.9. The molecule has 0 unspecified atom stereocenters. The first-order valence-corrected chi connectivity index (χ1v) is 11.8. The van der Waals surface area contributed by atoms with Crippen LogP contribution in [0.3, 0.4) is 0 Å². The van der Waals surface area contributed by atoms with Gasteiger partial charge in [-0.25, -0.2) is 17.2 Å². The maximum absolute atomic E-state index is 14.3. The third kappa shape index (κ3) is 6.74. The highest BCUT2D eigenvalue weighted by Gasteiger charge is 2.31. The number of anilines is 1. The molecule has 2 aromatic carbocycles. The van der Waals surface area contributed by atoms with Gasteiger partial charge in [0.25, 0.3) is 0 Å². The molecule has 0 aliphatic rings. The van der Waals surface area contributed by atoms with Crippen LogP contribution in [0.5, 0.6) is 0 Å².